The van der Waals surface area contributed by atoms with Crippen molar-refractivity contribution in [2.24, 2.45) is 5.41 Å². The lowest BCUT2D eigenvalue weighted by Gasteiger charge is -2.16. The van der Waals surface area contributed by atoms with Crippen LogP contribution >= 0.6 is 22.6 Å². The van der Waals surface area contributed by atoms with Crippen molar-refractivity contribution in [1.82, 2.24) is 10.2 Å². The van der Waals surface area contributed by atoms with Gasteiger partial charge in [-0.1, -0.05) is 0 Å². The Balaban J connectivity index is 2.29. The highest BCUT2D eigenvalue weighted by Gasteiger charge is 2.23. The Labute approximate surface area is 113 Å². The fourth-order valence-corrected chi connectivity index (χ4v) is 1.86. The zero-order valence-electron chi connectivity index (χ0n) is 9.87. The van der Waals surface area contributed by atoms with E-state index in [4.69, 9.17) is 4.74 Å². The van der Waals surface area contributed by atoms with Gasteiger partial charge in [-0.2, -0.15) is 5.10 Å². The van der Waals surface area contributed by atoms with Crippen LogP contribution in [-0.4, -0.2) is 16.2 Å². The number of carbonyl (C=O) groups excluding carboxylic acids is 1. The van der Waals surface area contributed by atoms with Gasteiger partial charge in [0, 0.05) is 11.5 Å². The molecule has 1 N–H and O–H groups in total. The van der Waals surface area contributed by atoms with Gasteiger partial charge in [-0.25, -0.2) is 0 Å². The number of hydrogen-bond donors (Lipinski definition) is 1. The predicted molar refractivity (Wildman–Crippen MR) is 73.9 cm³/mol. The Morgan fingerprint density at radius 1 is 1.41 bits per heavy atom. The van der Waals surface area contributed by atoms with Gasteiger partial charge in [-0.15, -0.1) is 0 Å². The van der Waals surface area contributed by atoms with E-state index in [1.807, 2.05) is 26.8 Å². The third-order valence-electron chi connectivity index (χ3n) is 2.30. The molecule has 0 aliphatic rings. The topological polar surface area (TPSA) is 55.0 Å². The summed E-state index contributed by atoms with van der Waals surface area (Å²) in [5, 5.41) is 8.04. The van der Waals surface area contributed by atoms with E-state index in [1.165, 1.54) is 0 Å². The number of hydrogen-bond acceptors (Lipinski definition) is 3. The van der Waals surface area contributed by atoms with Crippen LogP contribution in [0.2, 0.25) is 0 Å². The summed E-state index contributed by atoms with van der Waals surface area (Å²) in [6, 6.07) is 5.44. The van der Waals surface area contributed by atoms with Gasteiger partial charge in [-0.3, -0.25) is 9.89 Å². The number of nitrogens with one attached hydrogen (secondary N) is 1. The summed E-state index contributed by atoms with van der Waals surface area (Å²) in [7, 11) is 0. The molecule has 17 heavy (non-hydrogen) atoms. The van der Waals surface area contributed by atoms with E-state index in [1.54, 1.807) is 12.1 Å². The molecule has 0 saturated heterocycles. The van der Waals surface area contributed by atoms with Crippen molar-refractivity contribution in [3.63, 3.8) is 0 Å². The fraction of sp³-hybridized carbons (Fsp3) is 0.333. The van der Waals surface area contributed by atoms with Crippen LogP contribution in [0, 0.1) is 9.12 Å². The van der Waals surface area contributed by atoms with E-state index in [2.05, 4.69) is 32.8 Å². The lowest BCUT2D eigenvalue weighted by molar-refractivity contribution is -0.142. The number of ether oxygens (including phenoxy) is 1. The van der Waals surface area contributed by atoms with Gasteiger partial charge < -0.3 is 4.74 Å². The lowest BCUT2D eigenvalue weighted by atomic mass is 9.97. The molecular weight excluding hydrogens is 331 g/mol. The van der Waals surface area contributed by atoms with Gasteiger partial charge in [0.25, 0.3) is 0 Å². The molecule has 0 saturated carbocycles. The Bertz CT molecular complexity index is 569. The van der Waals surface area contributed by atoms with E-state index in [0.717, 1.165) is 14.6 Å². The molecule has 90 valence electrons. The largest absolute Gasteiger partial charge is 0.426 e. The van der Waals surface area contributed by atoms with Crippen molar-refractivity contribution in [2.45, 2.75) is 20.8 Å². The molecule has 0 spiro atoms. The maximum absolute atomic E-state index is 11.7. The summed E-state index contributed by atoms with van der Waals surface area (Å²) in [6.45, 7) is 5.47. The number of benzene rings is 1. The molecule has 4 nitrogen and oxygen atoms in total. The summed E-state index contributed by atoms with van der Waals surface area (Å²) in [5.74, 6) is 0.280. The van der Waals surface area contributed by atoms with Crippen molar-refractivity contribution in [2.75, 3.05) is 0 Å². The van der Waals surface area contributed by atoms with Crippen LogP contribution in [-0.2, 0) is 4.79 Å². The minimum absolute atomic E-state index is 0.248. The van der Waals surface area contributed by atoms with Crippen molar-refractivity contribution in [3.05, 3.63) is 21.9 Å². The van der Waals surface area contributed by atoms with E-state index < -0.39 is 5.41 Å². The number of carbonyl (C=O) groups is 1. The first kappa shape index (κ1) is 12.3. The summed E-state index contributed by atoms with van der Waals surface area (Å²) in [4.78, 5) is 11.7. The van der Waals surface area contributed by atoms with Crippen molar-refractivity contribution in [3.8, 4) is 5.75 Å². The standard InChI is InChI=1S/C12H13IN2O2/c1-12(2,3)11(16)17-7-4-5-8-9(6-7)14-15-10(8)13/h4-6H,1-3H3,(H,14,15). The average molecular weight is 344 g/mol. The molecule has 0 amide bonds. The lowest BCUT2D eigenvalue weighted by Crippen LogP contribution is -2.25. The van der Waals surface area contributed by atoms with Gasteiger partial charge >= 0.3 is 5.97 Å². The highest BCUT2D eigenvalue weighted by molar-refractivity contribution is 14.1. The highest BCUT2D eigenvalue weighted by atomic mass is 127. The average Bonchev–Trinajstić information content (AvgIpc) is 2.59. The molecule has 0 bridgehead atoms. The highest BCUT2D eigenvalue weighted by Crippen LogP contribution is 2.24. The first-order valence-electron chi connectivity index (χ1n) is 5.24. The Morgan fingerprint density at radius 2 is 2.12 bits per heavy atom. The first-order chi connectivity index (χ1) is 7.88. The molecule has 0 atom stereocenters. The molecule has 0 radical (unpaired) electrons. The van der Waals surface area contributed by atoms with E-state index in [9.17, 15) is 4.79 Å². The number of rotatable bonds is 1. The van der Waals surface area contributed by atoms with Crippen LogP contribution < -0.4 is 4.74 Å². The van der Waals surface area contributed by atoms with Gasteiger partial charge in [0.15, 0.2) is 0 Å². The number of nitrogens with zero attached hydrogens (tertiary/aromatic N) is 1. The maximum atomic E-state index is 11.7. The quantitative estimate of drug-likeness (QED) is 0.491. The molecule has 0 unspecified atom stereocenters. The number of H-pyrrole nitrogens is 1. The number of aromatic nitrogens is 2. The molecule has 0 aliphatic heterocycles. The Morgan fingerprint density at radius 3 is 2.76 bits per heavy atom. The van der Waals surface area contributed by atoms with Gasteiger partial charge in [0.2, 0.25) is 0 Å². The molecule has 2 aromatic rings. The molecule has 0 fully saturated rings. The molecule has 1 aromatic carbocycles. The normalized spacial score (nSPS) is 11.8. The van der Waals surface area contributed by atoms with Crippen LogP contribution in [0.15, 0.2) is 18.2 Å². The summed E-state index contributed by atoms with van der Waals surface area (Å²) < 4.78 is 6.28. The van der Waals surface area contributed by atoms with E-state index in [-0.39, 0.29) is 5.97 Å². The minimum Gasteiger partial charge on any atom is -0.426 e. The van der Waals surface area contributed by atoms with Crippen LogP contribution in [0.25, 0.3) is 10.9 Å². The zero-order valence-corrected chi connectivity index (χ0v) is 12.0. The van der Waals surface area contributed by atoms with Crippen molar-refractivity contribution in [1.29, 1.82) is 0 Å². The van der Waals surface area contributed by atoms with Crippen LogP contribution in [0.1, 0.15) is 20.8 Å². The Kier molecular flexibility index (Phi) is 3.11. The van der Waals surface area contributed by atoms with Gasteiger partial charge in [-0.05, 0) is 55.5 Å². The second-order valence-electron chi connectivity index (χ2n) is 4.86. The molecule has 1 heterocycles. The zero-order chi connectivity index (χ0) is 12.6. The summed E-state index contributed by atoms with van der Waals surface area (Å²) in [6.07, 6.45) is 0. The molecule has 1 aromatic heterocycles. The first-order valence-corrected chi connectivity index (χ1v) is 6.32. The summed E-state index contributed by atoms with van der Waals surface area (Å²) in [5.41, 5.74) is 0.295. The van der Waals surface area contributed by atoms with Gasteiger partial charge in [0.1, 0.15) is 9.45 Å². The molecule has 5 heteroatoms. The number of aromatic amines is 1. The van der Waals surface area contributed by atoms with Crippen LogP contribution in [0.5, 0.6) is 5.75 Å². The number of esters is 1. The van der Waals surface area contributed by atoms with Crippen LogP contribution in [0.3, 0.4) is 0 Å². The number of fused-ring (bicyclic) bond motifs is 1. The predicted octanol–water partition coefficient (Wildman–Crippen LogP) is 3.12. The van der Waals surface area contributed by atoms with E-state index >= 15 is 0 Å². The van der Waals surface area contributed by atoms with Gasteiger partial charge in [0.05, 0.1) is 10.9 Å². The monoisotopic (exact) mass is 344 g/mol. The second-order valence-corrected chi connectivity index (χ2v) is 5.93. The second kappa shape index (κ2) is 4.29. The third kappa shape index (κ3) is 2.59. The molecule has 0 aliphatic carbocycles. The minimum atomic E-state index is -0.505. The van der Waals surface area contributed by atoms with Crippen molar-refractivity contribution < 1.29 is 9.53 Å². The Hall–Kier alpha value is -1.11. The maximum Gasteiger partial charge on any atom is 0.316 e. The number of halogens is 1. The fourth-order valence-electron chi connectivity index (χ4n) is 1.28. The smallest absolute Gasteiger partial charge is 0.316 e. The summed E-state index contributed by atoms with van der Waals surface area (Å²) >= 11 is 2.18. The SMILES string of the molecule is CC(C)(C)C(=O)Oc1ccc2c(I)[nH]nc2c1. The van der Waals surface area contributed by atoms with Crippen LogP contribution in [0.4, 0.5) is 0 Å². The van der Waals surface area contributed by atoms with E-state index in [0.29, 0.717) is 5.75 Å². The van der Waals surface area contributed by atoms with Crippen molar-refractivity contribution >= 4 is 39.5 Å². The molecular formula is C12H13IN2O2. The third-order valence-corrected chi connectivity index (χ3v) is 3.13. The molecule has 2 rings (SSSR count).